The van der Waals surface area contributed by atoms with Crippen molar-refractivity contribution in [2.75, 3.05) is 13.2 Å². The molecule has 0 amide bonds. The monoisotopic (exact) mass is 498 g/mol. The van der Waals surface area contributed by atoms with Crippen molar-refractivity contribution in [1.29, 1.82) is 0 Å². The summed E-state index contributed by atoms with van der Waals surface area (Å²) in [4.78, 5) is 21.8. The first-order valence-corrected chi connectivity index (χ1v) is 10.9. The van der Waals surface area contributed by atoms with Crippen LogP contribution < -0.4 is 0 Å². The predicted octanol–water partition coefficient (Wildman–Crippen LogP) is 5.75. The van der Waals surface area contributed by atoms with Crippen molar-refractivity contribution in [2.24, 2.45) is 11.8 Å². The largest absolute Gasteiger partial charge is 0.465 e. The second-order valence-corrected chi connectivity index (χ2v) is 9.90. The zero-order valence-electron chi connectivity index (χ0n) is 14.8. The predicted molar refractivity (Wildman–Crippen MR) is 109 cm³/mol. The minimum atomic E-state index is -2.03. The Labute approximate surface area is 188 Å². The molecule has 4 nitrogen and oxygen atoms in total. The molecule has 0 unspecified atom stereocenters. The van der Waals surface area contributed by atoms with Gasteiger partial charge in [-0.3, -0.25) is 9.59 Å². The Balaban J connectivity index is 2.47. The first-order valence-electron chi connectivity index (χ1n) is 8.68. The fourth-order valence-corrected chi connectivity index (χ4v) is 6.31. The van der Waals surface area contributed by atoms with Gasteiger partial charge in [0.25, 0.3) is 0 Å². The SMILES string of the molecule is CCCCOC(=O)[C@@H]1[C@H](C(=O)OCCCC)[C@]2(Cl)C(Cl)=C(Cl)[C@@]1(Cl)C2(Cl)Cl. The molecule has 4 atom stereocenters. The van der Waals surface area contributed by atoms with E-state index in [-0.39, 0.29) is 23.3 Å². The highest BCUT2D eigenvalue weighted by Gasteiger charge is 2.85. The van der Waals surface area contributed by atoms with Gasteiger partial charge in [-0.1, -0.05) is 73.1 Å². The molecule has 0 heterocycles. The van der Waals surface area contributed by atoms with Crippen LogP contribution in [0.3, 0.4) is 0 Å². The fourth-order valence-electron chi connectivity index (χ4n) is 3.39. The van der Waals surface area contributed by atoms with Crippen LogP contribution in [0, 0.1) is 11.8 Å². The number of unbranched alkanes of at least 4 members (excludes halogenated alkanes) is 2. The van der Waals surface area contributed by atoms with Crippen LogP contribution in [-0.4, -0.2) is 39.2 Å². The molecule has 27 heavy (non-hydrogen) atoms. The lowest BCUT2D eigenvalue weighted by atomic mass is 9.82. The number of hydrogen-bond donors (Lipinski definition) is 0. The third-order valence-corrected chi connectivity index (χ3v) is 9.19. The van der Waals surface area contributed by atoms with Crippen LogP contribution in [0.5, 0.6) is 0 Å². The second-order valence-electron chi connectivity index (χ2n) is 6.62. The summed E-state index contributed by atoms with van der Waals surface area (Å²) in [5, 5.41) is -0.332. The van der Waals surface area contributed by atoms with Crippen LogP contribution >= 0.6 is 69.6 Å². The lowest BCUT2D eigenvalue weighted by Crippen LogP contribution is -2.46. The first kappa shape index (κ1) is 23.7. The van der Waals surface area contributed by atoms with E-state index in [4.69, 9.17) is 79.1 Å². The summed E-state index contributed by atoms with van der Waals surface area (Å²) >= 11 is 38.8. The topological polar surface area (TPSA) is 52.6 Å². The van der Waals surface area contributed by atoms with Crippen LogP contribution in [0.4, 0.5) is 0 Å². The minimum absolute atomic E-state index is 0.151. The molecule has 2 bridgehead atoms. The van der Waals surface area contributed by atoms with Crippen LogP contribution in [0.15, 0.2) is 10.1 Å². The summed E-state index contributed by atoms with van der Waals surface area (Å²) in [5.41, 5.74) is 0. The summed E-state index contributed by atoms with van der Waals surface area (Å²) in [5.74, 6) is -4.22. The summed E-state index contributed by atoms with van der Waals surface area (Å²) in [6.07, 6.45) is 2.91. The summed E-state index contributed by atoms with van der Waals surface area (Å²) < 4.78 is 8.53. The number of allylic oxidation sites excluding steroid dienone is 2. The molecule has 154 valence electrons. The van der Waals surface area contributed by atoms with Crippen LogP contribution in [0.2, 0.25) is 0 Å². The van der Waals surface area contributed by atoms with E-state index in [1.165, 1.54) is 0 Å². The summed E-state index contributed by atoms with van der Waals surface area (Å²) in [7, 11) is 0. The van der Waals surface area contributed by atoms with E-state index in [0.717, 1.165) is 12.8 Å². The molecule has 0 saturated heterocycles. The second kappa shape index (κ2) is 8.65. The maximum absolute atomic E-state index is 12.8. The standard InChI is InChI=1S/C17H20Cl6O4/c1-3-5-7-26-13(24)9-10(14(25)27-8-6-4-2)16(21)12(19)11(18)15(9,20)17(16,22)23/h9-10H,3-8H2,1-2H3/t9-,10+,15+,16-. The number of hydrogen-bond acceptors (Lipinski definition) is 4. The summed E-state index contributed by atoms with van der Waals surface area (Å²) in [6.45, 7) is 4.19. The van der Waals surface area contributed by atoms with Crippen molar-refractivity contribution in [2.45, 2.75) is 53.6 Å². The number of fused-ring (bicyclic) bond motifs is 2. The average Bonchev–Trinajstić information content (AvgIpc) is 2.82. The molecule has 0 aromatic heterocycles. The van der Waals surface area contributed by atoms with Gasteiger partial charge in [0.05, 0.1) is 35.1 Å². The highest BCUT2D eigenvalue weighted by atomic mass is 35.5. The van der Waals surface area contributed by atoms with Gasteiger partial charge in [0.2, 0.25) is 0 Å². The number of rotatable bonds is 8. The molecule has 0 N–H and O–H groups in total. The zero-order valence-corrected chi connectivity index (χ0v) is 19.3. The molecular weight excluding hydrogens is 481 g/mol. The first-order chi connectivity index (χ1) is 12.5. The van der Waals surface area contributed by atoms with Crippen LogP contribution in [-0.2, 0) is 19.1 Å². The number of carbonyl (C=O) groups excluding carboxylic acids is 2. The van der Waals surface area contributed by atoms with Crippen molar-refractivity contribution < 1.29 is 19.1 Å². The zero-order chi connectivity index (χ0) is 20.6. The molecule has 0 radical (unpaired) electrons. The van der Waals surface area contributed by atoms with Crippen molar-refractivity contribution in [3.05, 3.63) is 10.1 Å². The average molecular weight is 501 g/mol. The molecule has 0 aromatic carbocycles. The van der Waals surface area contributed by atoms with Gasteiger partial charge in [0.15, 0.2) is 4.33 Å². The number of alkyl halides is 4. The van der Waals surface area contributed by atoms with Crippen LogP contribution in [0.25, 0.3) is 0 Å². The van der Waals surface area contributed by atoms with Gasteiger partial charge in [-0.25, -0.2) is 0 Å². The Hall–Kier alpha value is 0.420. The number of ether oxygens (including phenoxy) is 2. The molecule has 0 aliphatic heterocycles. The van der Waals surface area contributed by atoms with Crippen LogP contribution in [0.1, 0.15) is 39.5 Å². The van der Waals surface area contributed by atoms with Crippen molar-refractivity contribution in [3.8, 4) is 0 Å². The summed E-state index contributed by atoms with van der Waals surface area (Å²) in [6, 6.07) is 0. The highest BCUT2D eigenvalue weighted by molar-refractivity contribution is 6.66. The Morgan fingerprint density at radius 3 is 1.44 bits per heavy atom. The normalized spacial score (nSPS) is 34.1. The molecule has 2 rings (SSSR count). The molecule has 2 aliphatic carbocycles. The smallest absolute Gasteiger partial charge is 0.312 e. The Morgan fingerprint density at radius 2 is 1.15 bits per heavy atom. The van der Waals surface area contributed by atoms with Gasteiger partial charge < -0.3 is 9.47 Å². The molecule has 1 fully saturated rings. The van der Waals surface area contributed by atoms with Crippen molar-refractivity contribution in [1.82, 2.24) is 0 Å². The molecule has 2 aliphatic rings. The maximum Gasteiger partial charge on any atom is 0.312 e. The number of carbonyl (C=O) groups is 2. The quantitative estimate of drug-likeness (QED) is 0.242. The third-order valence-electron chi connectivity index (χ3n) is 4.93. The Morgan fingerprint density at radius 1 is 0.815 bits per heavy atom. The van der Waals surface area contributed by atoms with Gasteiger partial charge in [-0.15, -0.1) is 23.2 Å². The number of halogens is 6. The van der Waals surface area contributed by atoms with E-state index in [9.17, 15) is 9.59 Å². The van der Waals surface area contributed by atoms with E-state index in [1.807, 2.05) is 13.8 Å². The lowest BCUT2D eigenvalue weighted by Gasteiger charge is -2.33. The van der Waals surface area contributed by atoms with Gasteiger partial charge >= 0.3 is 11.9 Å². The Bertz CT molecular complexity index is 599. The number of esters is 2. The highest BCUT2D eigenvalue weighted by Crippen LogP contribution is 2.76. The minimum Gasteiger partial charge on any atom is -0.465 e. The molecule has 0 spiro atoms. The molecule has 1 saturated carbocycles. The molecule has 0 aromatic rings. The lowest BCUT2D eigenvalue weighted by molar-refractivity contribution is -0.160. The van der Waals surface area contributed by atoms with Gasteiger partial charge in [0.1, 0.15) is 9.75 Å². The van der Waals surface area contributed by atoms with E-state index < -0.39 is 37.9 Å². The van der Waals surface area contributed by atoms with Crippen molar-refractivity contribution in [3.63, 3.8) is 0 Å². The third kappa shape index (κ3) is 3.37. The maximum atomic E-state index is 12.8. The van der Waals surface area contributed by atoms with Gasteiger partial charge in [-0.05, 0) is 12.8 Å². The fraction of sp³-hybridized carbons (Fsp3) is 0.765. The van der Waals surface area contributed by atoms with E-state index in [2.05, 4.69) is 0 Å². The Kier molecular flexibility index (Phi) is 7.59. The van der Waals surface area contributed by atoms with E-state index >= 15 is 0 Å². The molecular formula is C17H20Cl6O4. The van der Waals surface area contributed by atoms with E-state index in [0.29, 0.717) is 12.8 Å². The molecule has 10 heteroatoms. The van der Waals surface area contributed by atoms with Gasteiger partial charge in [0, 0.05) is 0 Å². The van der Waals surface area contributed by atoms with E-state index in [1.54, 1.807) is 0 Å². The van der Waals surface area contributed by atoms with Crippen molar-refractivity contribution >= 4 is 81.5 Å². The van der Waals surface area contributed by atoms with Gasteiger partial charge in [-0.2, -0.15) is 0 Å².